The SMILES string of the molecule is CC(CCNC(=O)CN)N1CC1. The fourth-order valence-electron chi connectivity index (χ4n) is 1.17. The quantitative estimate of drug-likeness (QED) is 0.530. The third-order valence-electron chi connectivity index (χ3n) is 2.17. The number of nitrogens with zero attached hydrogens (tertiary/aromatic N) is 1. The molecule has 1 aliphatic rings. The summed E-state index contributed by atoms with van der Waals surface area (Å²) in [6, 6.07) is 0.600. The molecular weight excluding hydrogens is 154 g/mol. The Kier molecular flexibility index (Phi) is 3.49. The molecule has 0 radical (unpaired) electrons. The smallest absolute Gasteiger partial charge is 0.233 e. The van der Waals surface area contributed by atoms with Crippen LogP contribution in [0, 0.1) is 0 Å². The maximum absolute atomic E-state index is 10.7. The summed E-state index contributed by atoms with van der Waals surface area (Å²) in [7, 11) is 0. The van der Waals surface area contributed by atoms with Gasteiger partial charge in [-0.25, -0.2) is 0 Å². The fraction of sp³-hybridized carbons (Fsp3) is 0.875. The molecule has 1 aliphatic heterocycles. The van der Waals surface area contributed by atoms with E-state index in [0.29, 0.717) is 6.04 Å². The van der Waals surface area contributed by atoms with Crippen LogP contribution in [-0.2, 0) is 4.79 Å². The van der Waals surface area contributed by atoms with Crippen molar-refractivity contribution in [1.82, 2.24) is 10.2 Å². The number of carbonyl (C=O) groups excluding carboxylic acids is 1. The summed E-state index contributed by atoms with van der Waals surface area (Å²) in [6.07, 6.45) is 1.02. The molecule has 0 saturated carbocycles. The van der Waals surface area contributed by atoms with Crippen molar-refractivity contribution in [3.05, 3.63) is 0 Å². The van der Waals surface area contributed by atoms with Gasteiger partial charge in [-0.15, -0.1) is 0 Å². The van der Waals surface area contributed by atoms with Crippen molar-refractivity contribution in [1.29, 1.82) is 0 Å². The van der Waals surface area contributed by atoms with Crippen molar-refractivity contribution >= 4 is 5.91 Å². The third kappa shape index (κ3) is 3.19. The minimum Gasteiger partial charge on any atom is -0.355 e. The summed E-state index contributed by atoms with van der Waals surface area (Å²) in [5.41, 5.74) is 5.14. The molecule has 1 heterocycles. The number of amides is 1. The molecule has 4 heteroatoms. The molecule has 1 unspecified atom stereocenters. The van der Waals surface area contributed by atoms with Gasteiger partial charge in [0.2, 0.25) is 5.91 Å². The van der Waals surface area contributed by atoms with Crippen LogP contribution in [0.1, 0.15) is 13.3 Å². The molecule has 1 rings (SSSR count). The molecule has 0 aromatic carbocycles. The standard InChI is InChI=1S/C8H17N3O/c1-7(11-4-5-11)2-3-10-8(12)6-9/h7H,2-6,9H2,1H3,(H,10,12). The van der Waals surface area contributed by atoms with Gasteiger partial charge in [-0.3, -0.25) is 9.69 Å². The molecule has 0 bridgehead atoms. The van der Waals surface area contributed by atoms with Crippen LogP contribution in [0.2, 0.25) is 0 Å². The molecule has 0 spiro atoms. The number of rotatable bonds is 5. The van der Waals surface area contributed by atoms with Crippen LogP contribution >= 0.6 is 0 Å². The molecule has 1 fully saturated rings. The number of carbonyl (C=O) groups is 1. The lowest BCUT2D eigenvalue weighted by Gasteiger charge is -2.11. The lowest BCUT2D eigenvalue weighted by atomic mass is 10.2. The summed E-state index contributed by atoms with van der Waals surface area (Å²) in [4.78, 5) is 13.1. The average Bonchev–Trinajstić information content (AvgIpc) is 2.86. The van der Waals surface area contributed by atoms with Crippen LogP contribution in [-0.4, -0.2) is 43.0 Å². The largest absolute Gasteiger partial charge is 0.355 e. The third-order valence-corrected chi connectivity index (χ3v) is 2.17. The second-order valence-corrected chi connectivity index (χ2v) is 3.23. The Hall–Kier alpha value is -0.610. The summed E-state index contributed by atoms with van der Waals surface area (Å²) < 4.78 is 0. The number of hydrogen-bond acceptors (Lipinski definition) is 3. The molecular formula is C8H17N3O. The highest BCUT2D eigenvalue weighted by atomic mass is 16.1. The van der Waals surface area contributed by atoms with E-state index in [0.717, 1.165) is 13.0 Å². The lowest BCUT2D eigenvalue weighted by molar-refractivity contribution is -0.119. The zero-order valence-corrected chi connectivity index (χ0v) is 7.55. The number of hydrogen-bond donors (Lipinski definition) is 2. The molecule has 12 heavy (non-hydrogen) atoms. The van der Waals surface area contributed by atoms with Crippen LogP contribution < -0.4 is 11.1 Å². The molecule has 1 atom stereocenters. The monoisotopic (exact) mass is 171 g/mol. The van der Waals surface area contributed by atoms with Gasteiger partial charge in [-0.05, 0) is 13.3 Å². The molecule has 0 aromatic rings. The molecule has 4 nitrogen and oxygen atoms in total. The van der Waals surface area contributed by atoms with E-state index in [2.05, 4.69) is 17.1 Å². The first-order chi connectivity index (χ1) is 5.74. The van der Waals surface area contributed by atoms with E-state index in [9.17, 15) is 4.79 Å². The highest BCUT2D eigenvalue weighted by Crippen LogP contribution is 2.11. The van der Waals surface area contributed by atoms with Crippen molar-refractivity contribution in [2.45, 2.75) is 19.4 Å². The molecule has 0 aromatic heterocycles. The van der Waals surface area contributed by atoms with E-state index in [1.165, 1.54) is 13.1 Å². The summed E-state index contributed by atoms with van der Waals surface area (Å²) in [5.74, 6) is -0.0620. The van der Waals surface area contributed by atoms with E-state index in [-0.39, 0.29) is 12.5 Å². The summed E-state index contributed by atoms with van der Waals surface area (Å²) in [6.45, 7) is 5.45. The zero-order chi connectivity index (χ0) is 8.97. The van der Waals surface area contributed by atoms with Crippen molar-refractivity contribution in [3.63, 3.8) is 0 Å². The van der Waals surface area contributed by atoms with Crippen LogP contribution in [0.15, 0.2) is 0 Å². The lowest BCUT2D eigenvalue weighted by Crippen LogP contribution is -2.33. The topological polar surface area (TPSA) is 58.1 Å². The molecule has 0 aliphatic carbocycles. The van der Waals surface area contributed by atoms with E-state index < -0.39 is 0 Å². The molecule has 3 N–H and O–H groups in total. The van der Waals surface area contributed by atoms with E-state index in [1.807, 2.05) is 0 Å². The maximum Gasteiger partial charge on any atom is 0.233 e. The van der Waals surface area contributed by atoms with Crippen molar-refractivity contribution in [3.8, 4) is 0 Å². The first-order valence-corrected chi connectivity index (χ1v) is 4.45. The Bertz CT molecular complexity index is 156. The summed E-state index contributed by atoms with van der Waals surface area (Å²) >= 11 is 0. The van der Waals surface area contributed by atoms with E-state index in [4.69, 9.17) is 5.73 Å². The summed E-state index contributed by atoms with van der Waals surface area (Å²) in [5, 5.41) is 2.76. The number of nitrogens with one attached hydrogen (secondary N) is 1. The van der Waals surface area contributed by atoms with Crippen LogP contribution in [0.25, 0.3) is 0 Å². The second kappa shape index (κ2) is 4.42. The number of nitrogens with two attached hydrogens (primary N) is 1. The highest BCUT2D eigenvalue weighted by Gasteiger charge is 2.22. The fourth-order valence-corrected chi connectivity index (χ4v) is 1.17. The molecule has 1 amide bonds. The predicted octanol–water partition coefficient (Wildman–Crippen LogP) is -0.844. The van der Waals surface area contributed by atoms with Crippen LogP contribution in [0.3, 0.4) is 0 Å². The van der Waals surface area contributed by atoms with Gasteiger partial charge in [0, 0.05) is 25.7 Å². The highest BCUT2D eigenvalue weighted by molar-refractivity contribution is 5.77. The Balaban J connectivity index is 1.97. The Morgan fingerprint density at radius 3 is 2.83 bits per heavy atom. The minimum absolute atomic E-state index is 0.0620. The van der Waals surface area contributed by atoms with Gasteiger partial charge in [-0.2, -0.15) is 0 Å². The van der Waals surface area contributed by atoms with Gasteiger partial charge in [0.05, 0.1) is 6.54 Å². The minimum atomic E-state index is -0.0620. The van der Waals surface area contributed by atoms with Crippen molar-refractivity contribution in [2.75, 3.05) is 26.2 Å². The average molecular weight is 171 g/mol. The van der Waals surface area contributed by atoms with Gasteiger partial charge in [0.15, 0.2) is 0 Å². The van der Waals surface area contributed by atoms with Gasteiger partial charge < -0.3 is 11.1 Å². The Morgan fingerprint density at radius 2 is 2.33 bits per heavy atom. The predicted molar refractivity (Wildman–Crippen MR) is 47.7 cm³/mol. The van der Waals surface area contributed by atoms with Gasteiger partial charge in [0.25, 0.3) is 0 Å². The van der Waals surface area contributed by atoms with Gasteiger partial charge in [0.1, 0.15) is 0 Å². The second-order valence-electron chi connectivity index (χ2n) is 3.23. The van der Waals surface area contributed by atoms with Crippen LogP contribution in [0.4, 0.5) is 0 Å². The maximum atomic E-state index is 10.7. The van der Waals surface area contributed by atoms with Crippen molar-refractivity contribution < 1.29 is 4.79 Å². The first kappa shape index (κ1) is 9.48. The van der Waals surface area contributed by atoms with E-state index in [1.54, 1.807) is 0 Å². The Morgan fingerprint density at radius 1 is 1.67 bits per heavy atom. The van der Waals surface area contributed by atoms with Crippen molar-refractivity contribution in [2.24, 2.45) is 5.73 Å². The first-order valence-electron chi connectivity index (χ1n) is 4.45. The van der Waals surface area contributed by atoms with Crippen LogP contribution in [0.5, 0.6) is 0 Å². The van der Waals surface area contributed by atoms with Gasteiger partial charge in [-0.1, -0.05) is 0 Å². The molecule has 70 valence electrons. The zero-order valence-electron chi connectivity index (χ0n) is 7.55. The normalized spacial score (nSPS) is 18.8. The Labute approximate surface area is 73.1 Å². The van der Waals surface area contributed by atoms with E-state index >= 15 is 0 Å². The van der Waals surface area contributed by atoms with Gasteiger partial charge >= 0.3 is 0 Å². The molecule has 1 saturated heterocycles.